The van der Waals surface area contributed by atoms with E-state index in [1.807, 2.05) is 24.4 Å². The van der Waals surface area contributed by atoms with Crippen molar-refractivity contribution in [2.45, 2.75) is 12.3 Å². The average molecular weight is 324 g/mol. The highest BCUT2D eigenvalue weighted by molar-refractivity contribution is 5.85. The molecule has 1 N–H and O–H groups in total. The Hall–Kier alpha value is -1.58. The molecule has 0 aliphatic carbocycles. The van der Waals surface area contributed by atoms with E-state index in [-0.39, 0.29) is 30.7 Å². The van der Waals surface area contributed by atoms with E-state index in [1.165, 1.54) is 5.56 Å². The second-order valence-electron chi connectivity index (χ2n) is 4.68. The summed E-state index contributed by atoms with van der Waals surface area (Å²) in [5.74, 6) is 1.37. The van der Waals surface area contributed by atoms with Crippen LogP contribution in [0.1, 0.15) is 23.6 Å². The Bertz CT molecular complexity index is 519. The van der Waals surface area contributed by atoms with Crippen LogP contribution in [0.25, 0.3) is 0 Å². The Kier molecular flexibility index (Phi) is 7.20. The highest BCUT2D eigenvalue weighted by Crippen LogP contribution is 2.26. The summed E-state index contributed by atoms with van der Waals surface area (Å²) in [6.07, 6.45) is 2.75. The average Bonchev–Trinajstić information content (AvgIpc) is 3.00. The molecule has 0 bridgehead atoms. The molecule has 0 saturated heterocycles. The Morgan fingerprint density at radius 3 is 2.38 bits per heavy atom. The normalized spacial score (nSPS) is 14.2. The number of pyridine rings is 1. The Morgan fingerprint density at radius 2 is 1.76 bits per heavy atom. The lowest BCUT2D eigenvalue weighted by atomic mass is 9.91. The number of nitrogens with zero attached hydrogens (tertiary/aromatic N) is 2. The zero-order valence-electron chi connectivity index (χ0n) is 11.6. The van der Waals surface area contributed by atoms with Gasteiger partial charge in [0.05, 0.1) is 12.4 Å². The predicted octanol–water partition coefficient (Wildman–Crippen LogP) is 3.45. The van der Waals surface area contributed by atoms with Gasteiger partial charge in [-0.1, -0.05) is 36.4 Å². The molecule has 0 amide bonds. The van der Waals surface area contributed by atoms with Crippen LogP contribution in [0.2, 0.25) is 0 Å². The molecule has 5 heteroatoms. The second kappa shape index (κ2) is 8.65. The van der Waals surface area contributed by atoms with Crippen LogP contribution in [0.15, 0.2) is 59.7 Å². The maximum absolute atomic E-state index is 4.51. The van der Waals surface area contributed by atoms with Crippen molar-refractivity contribution in [1.29, 1.82) is 0 Å². The molecule has 0 spiro atoms. The number of halogens is 2. The van der Waals surface area contributed by atoms with Crippen LogP contribution in [-0.4, -0.2) is 23.9 Å². The third-order valence-corrected chi connectivity index (χ3v) is 3.39. The molecule has 1 atom stereocenters. The zero-order chi connectivity index (χ0) is 12.9. The van der Waals surface area contributed by atoms with Gasteiger partial charge in [-0.2, -0.15) is 0 Å². The van der Waals surface area contributed by atoms with Gasteiger partial charge in [0.25, 0.3) is 0 Å². The SMILES string of the molecule is Cl.Cl.c1ccc([C@H](CC2=NCCN2)c2ccccn2)cc1. The molecular weight excluding hydrogens is 305 g/mol. The van der Waals surface area contributed by atoms with Crippen LogP contribution in [0.5, 0.6) is 0 Å². The van der Waals surface area contributed by atoms with E-state index < -0.39 is 0 Å². The summed E-state index contributed by atoms with van der Waals surface area (Å²) in [4.78, 5) is 9.02. The molecule has 1 aliphatic rings. The molecule has 3 nitrogen and oxygen atoms in total. The third kappa shape index (κ3) is 4.45. The fourth-order valence-electron chi connectivity index (χ4n) is 2.44. The second-order valence-corrected chi connectivity index (χ2v) is 4.68. The van der Waals surface area contributed by atoms with Gasteiger partial charge < -0.3 is 5.32 Å². The van der Waals surface area contributed by atoms with Gasteiger partial charge >= 0.3 is 0 Å². The largest absolute Gasteiger partial charge is 0.372 e. The molecule has 3 rings (SSSR count). The van der Waals surface area contributed by atoms with Gasteiger partial charge in [0, 0.05) is 30.8 Å². The quantitative estimate of drug-likeness (QED) is 0.935. The Labute approximate surface area is 137 Å². The number of hydrogen-bond acceptors (Lipinski definition) is 3. The van der Waals surface area contributed by atoms with Crippen molar-refractivity contribution in [2.75, 3.05) is 13.1 Å². The standard InChI is InChI=1S/C16H17N3.2ClH/c1-2-6-13(7-3-1)14(12-16-18-10-11-19-16)15-8-4-5-9-17-15;;/h1-9,14H,10-12H2,(H,18,19);2*1H/t14-;;/m0../s1. The summed E-state index contributed by atoms with van der Waals surface area (Å²) in [7, 11) is 0. The molecule has 0 radical (unpaired) electrons. The van der Waals surface area contributed by atoms with Crippen molar-refractivity contribution in [1.82, 2.24) is 10.3 Å². The van der Waals surface area contributed by atoms with Gasteiger partial charge in [-0.05, 0) is 17.7 Å². The lowest BCUT2D eigenvalue weighted by Crippen LogP contribution is -2.21. The topological polar surface area (TPSA) is 37.3 Å². The van der Waals surface area contributed by atoms with Crippen LogP contribution in [0, 0.1) is 0 Å². The lowest BCUT2D eigenvalue weighted by Gasteiger charge is -2.17. The first-order valence-corrected chi connectivity index (χ1v) is 6.66. The van der Waals surface area contributed by atoms with Gasteiger partial charge in [0.15, 0.2) is 0 Å². The van der Waals surface area contributed by atoms with Gasteiger partial charge in [0.1, 0.15) is 0 Å². The fourth-order valence-corrected chi connectivity index (χ4v) is 2.44. The number of hydrogen-bond donors (Lipinski definition) is 1. The highest BCUT2D eigenvalue weighted by atomic mass is 35.5. The summed E-state index contributed by atoms with van der Waals surface area (Å²) in [5, 5.41) is 3.35. The maximum atomic E-state index is 4.51. The van der Waals surface area contributed by atoms with Crippen molar-refractivity contribution in [3.05, 3.63) is 66.0 Å². The third-order valence-electron chi connectivity index (χ3n) is 3.39. The first-order chi connectivity index (χ1) is 9.43. The molecule has 2 aromatic rings. The maximum Gasteiger partial charge on any atom is 0.0974 e. The number of benzene rings is 1. The number of aliphatic imine (C=N–C) groups is 1. The van der Waals surface area contributed by atoms with Gasteiger partial charge in [-0.25, -0.2) is 0 Å². The molecular formula is C16H19Cl2N3. The van der Waals surface area contributed by atoms with E-state index in [1.54, 1.807) is 0 Å². The van der Waals surface area contributed by atoms with Crippen molar-refractivity contribution >= 4 is 30.6 Å². The summed E-state index contributed by atoms with van der Waals surface area (Å²) < 4.78 is 0. The van der Waals surface area contributed by atoms with Crippen LogP contribution < -0.4 is 5.32 Å². The number of rotatable bonds is 4. The first kappa shape index (κ1) is 17.5. The molecule has 0 fully saturated rings. The Morgan fingerprint density at radius 1 is 1.00 bits per heavy atom. The van der Waals surface area contributed by atoms with Crippen LogP contribution in [-0.2, 0) is 0 Å². The highest BCUT2D eigenvalue weighted by Gasteiger charge is 2.19. The summed E-state index contributed by atoms with van der Waals surface area (Å²) >= 11 is 0. The van der Waals surface area contributed by atoms with Crippen molar-refractivity contribution in [2.24, 2.45) is 4.99 Å². The molecule has 1 aromatic heterocycles. The molecule has 21 heavy (non-hydrogen) atoms. The minimum atomic E-state index is 0. The van der Waals surface area contributed by atoms with E-state index in [0.717, 1.165) is 31.0 Å². The van der Waals surface area contributed by atoms with Crippen LogP contribution >= 0.6 is 24.8 Å². The van der Waals surface area contributed by atoms with E-state index >= 15 is 0 Å². The number of amidine groups is 1. The van der Waals surface area contributed by atoms with E-state index in [9.17, 15) is 0 Å². The van der Waals surface area contributed by atoms with E-state index in [4.69, 9.17) is 0 Å². The smallest absolute Gasteiger partial charge is 0.0974 e. The minimum absolute atomic E-state index is 0. The lowest BCUT2D eigenvalue weighted by molar-refractivity contribution is 0.801. The van der Waals surface area contributed by atoms with Gasteiger partial charge in [-0.15, -0.1) is 24.8 Å². The zero-order valence-corrected chi connectivity index (χ0v) is 13.2. The molecule has 1 aromatic carbocycles. The first-order valence-electron chi connectivity index (χ1n) is 6.66. The van der Waals surface area contributed by atoms with Crippen molar-refractivity contribution in [3.8, 4) is 0 Å². The monoisotopic (exact) mass is 323 g/mol. The summed E-state index contributed by atoms with van der Waals surface area (Å²) in [6, 6.07) is 16.6. The van der Waals surface area contributed by atoms with Crippen LogP contribution in [0.4, 0.5) is 0 Å². The molecule has 112 valence electrons. The summed E-state index contributed by atoms with van der Waals surface area (Å²) in [5.41, 5.74) is 2.39. The Balaban J connectivity index is 0.00000110. The number of aromatic nitrogens is 1. The van der Waals surface area contributed by atoms with E-state index in [2.05, 4.69) is 45.6 Å². The molecule has 1 aliphatic heterocycles. The van der Waals surface area contributed by atoms with Crippen molar-refractivity contribution in [3.63, 3.8) is 0 Å². The number of nitrogens with one attached hydrogen (secondary N) is 1. The molecule has 2 heterocycles. The van der Waals surface area contributed by atoms with Gasteiger partial charge in [0.2, 0.25) is 0 Å². The molecule has 0 saturated carbocycles. The van der Waals surface area contributed by atoms with Gasteiger partial charge in [-0.3, -0.25) is 9.98 Å². The van der Waals surface area contributed by atoms with E-state index in [0.29, 0.717) is 0 Å². The van der Waals surface area contributed by atoms with Crippen molar-refractivity contribution < 1.29 is 0 Å². The fraction of sp³-hybridized carbons (Fsp3) is 0.250. The van der Waals surface area contributed by atoms with Crippen LogP contribution in [0.3, 0.4) is 0 Å². The predicted molar refractivity (Wildman–Crippen MR) is 91.9 cm³/mol. The molecule has 0 unspecified atom stereocenters. The summed E-state index contributed by atoms with van der Waals surface area (Å²) in [6.45, 7) is 1.85. The minimum Gasteiger partial charge on any atom is -0.372 e.